The van der Waals surface area contributed by atoms with Crippen molar-refractivity contribution in [2.24, 2.45) is 0 Å². The fraction of sp³-hybridized carbons (Fsp3) is 0.195. The van der Waals surface area contributed by atoms with Gasteiger partial charge in [0.25, 0.3) is 11.8 Å². The predicted octanol–water partition coefficient (Wildman–Crippen LogP) is 9.43. The van der Waals surface area contributed by atoms with Crippen molar-refractivity contribution in [3.05, 3.63) is 107 Å². The second-order valence-corrected chi connectivity index (χ2v) is 13.9. The summed E-state index contributed by atoms with van der Waals surface area (Å²) in [6.45, 7) is 3.97. The number of aromatic nitrogens is 4. The van der Waals surface area contributed by atoms with Gasteiger partial charge in [0, 0.05) is 50.1 Å². The number of furan rings is 2. The SMILES string of the molecule is CCOc1nc2oc(Cl)cc2nc1N(C(=O)Oc1ccccc1)C(=O)Oc1ccccc1N(C(=O)N1CCN(c2cc(F)cc(F)c2)CC1)c1nc2cc(Cl)oc2nc1OCC. The van der Waals surface area contributed by atoms with Crippen LogP contribution in [0.1, 0.15) is 13.8 Å². The van der Waals surface area contributed by atoms with Crippen molar-refractivity contribution in [2.75, 3.05) is 54.1 Å². The van der Waals surface area contributed by atoms with E-state index in [1.165, 1.54) is 59.5 Å². The lowest BCUT2D eigenvalue weighted by Gasteiger charge is -2.38. The van der Waals surface area contributed by atoms with Gasteiger partial charge in [0.05, 0.1) is 18.9 Å². The molecule has 5 heterocycles. The summed E-state index contributed by atoms with van der Waals surface area (Å²) in [7, 11) is 0. The third kappa shape index (κ3) is 8.66. The molecule has 4 aromatic heterocycles. The lowest BCUT2D eigenvalue weighted by molar-refractivity contribution is 0.189. The van der Waals surface area contributed by atoms with Crippen LogP contribution in [0.2, 0.25) is 10.4 Å². The zero-order valence-electron chi connectivity index (χ0n) is 32.6. The van der Waals surface area contributed by atoms with E-state index in [0.717, 1.165) is 11.0 Å². The van der Waals surface area contributed by atoms with Crippen LogP contribution < -0.4 is 33.6 Å². The van der Waals surface area contributed by atoms with Gasteiger partial charge >= 0.3 is 18.2 Å². The van der Waals surface area contributed by atoms with Gasteiger partial charge in [-0.1, -0.05) is 30.3 Å². The van der Waals surface area contributed by atoms with Crippen LogP contribution in [-0.4, -0.2) is 82.4 Å². The first-order valence-corrected chi connectivity index (χ1v) is 19.6. The molecule has 0 atom stereocenters. The van der Waals surface area contributed by atoms with Crippen molar-refractivity contribution >= 4 is 86.9 Å². The molecule has 7 aromatic rings. The van der Waals surface area contributed by atoms with E-state index in [9.17, 15) is 23.2 Å². The van der Waals surface area contributed by atoms with Gasteiger partial charge in [-0.3, -0.25) is 0 Å². The van der Waals surface area contributed by atoms with Crippen molar-refractivity contribution in [3.63, 3.8) is 0 Å². The van der Waals surface area contributed by atoms with Crippen molar-refractivity contribution in [1.29, 1.82) is 0 Å². The molecule has 1 aliphatic rings. The Balaban J connectivity index is 1.20. The number of carbonyl (C=O) groups is 3. The molecule has 0 saturated carbocycles. The zero-order valence-corrected chi connectivity index (χ0v) is 34.1. The third-order valence-electron chi connectivity index (χ3n) is 9.13. The number of rotatable bonds is 10. The topological polar surface area (TPSA) is 179 Å². The molecule has 0 radical (unpaired) electrons. The number of para-hydroxylation sites is 3. The summed E-state index contributed by atoms with van der Waals surface area (Å²) in [5.41, 5.74) is 0.435. The minimum Gasteiger partial charge on any atom is -0.475 e. The number of hydrogen-bond acceptors (Lipinski definition) is 14. The van der Waals surface area contributed by atoms with Crippen molar-refractivity contribution < 1.29 is 50.9 Å². The first kappa shape index (κ1) is 41.5. The number of anilines is 4. The molecule has 8 rings (SSSR count). The van der Waals surface area contributed by atoms with Gasteiger partial charge in [-0.25, -0.2) is 38.0 Å². The average Bonchev–Trinajstić information content (AvgIpc) is 3.81. The number of amides is 4. The maximum atomic E-state index is 15.0. The van der Waals surface area contributed by atoms with E-state index in [2.05, 4.69) is 19.9 Å². The monoisotopic (exact) mass is 888 g/mol. The molecular weight excluding hydrogens is 857 g/mol. The Morgan fingerprint density at radius 3 is 1.85 bits per heavy atom. The van der Waals surface area contributed by atoms with Crippen LogP contribution in [0.15, 0.2) is 93.8 Å². The first-order chi connectivity index (χ1) is 30.0. The number of benzene rings is 3. The van der Waals surface area contributed by atoms with Crippen LogP contribution >= 0.6 is 23.2 Å². The molecule has 21 heteroatoms. The maximum absolute atomic E-state index is 15.0. The lowest BCUT2D eigenvalue weighted by atomic mass is 10.2. The van der Waals surface area contributed by atoms with Crippen molar-refractivity contribution in [2.45, 2.75) is 13.8 Å². The van der Waals surface area contributed by atoms with Gasteiger partial charge in [-0.15, -0.1) is 0 Å². The van der Waals surface area contributed by atoms with Crippen LogP contribution in [-0.2, 0) is 0 Å². The van der Waals surface area contributed by atoms with E-state index in [-0.39, 0.29) is 107 Å². The van der Waals surface area contributed by atoms with Gasteiger partial charge < -0.3 is 37.6 Å². The van der Waals surface area contributed by atoms with E-state index < -0.39 is 35.7 Å². The van der Waals surface area contributed by atoms with E-state index in [4.69, 9.17) is 51.0 Å². The number of carbonyl (C=O) groups excluding carboxylic acids is 3. The number of fused-ring (bicyclic) bond motifs is 2. The smallest absolute Gasteiger partial charge is 0.431 e. The van der Waals surface area contributed by atoms with Gasteiger partial charge in [-0.05, 0) is 73.4 Å². The minimum absolute atomic E-state index is 0.0138. The second-order valence-electron chi connectivity index (χ2n) is 13.1. The minimum atomic E-state index is -1.36. The molecule has 1 saturated heterocycles. The summed E-state index contributed by atoms with van der Waals surface area (Å²) < 4.78 is 62.4. The number of ether oxygens (including phenoxy) is 4. The highest BCUT2D eigenvalue weighted by Gasteiger charge is 2.37. The summed E-state index contributed by atoms with van der Waals surface area (Å²) in [6.07, 6.45) is -2.63. The molecular formula is C41H32Cl2F2N8O9. The Morgan fingerprint density at radius 1 is 0.694 bits per heavy atom. The highest BCUT2D eigenvalue weighted by atomic mass is 35.5. The zero-order chi connectivity index (χ0) is 43.5. The predicted molar refractivity (Wildman–Crippen MR) is 221 cm³/mol. The molecule has 0 spiro atoms. The van der Waals surface area contributed by atoms with E-state index >= 15 is 0 Å². The molecule has 17 nitrogen and oxygen atoms in total. The van der Waals surface area contributed by atoms with Crippen LogP contribution in [0.3, 0.4) is 0 Å². The molecule has 4 amide bonds. The third-order valence-corrected chi connectivity index (χ3v) is 9.50. The van der Waals surface area contributed by atoms with Crippen LogP contribution in [0.25, 0.3) is 22.5 Å². The quantitative estimate of drug-likeness (QED) is 0.127. The normalized spacial score (nSPS) is 12.7. The molecule has 62 heavy (non-hydrogen) atoms. The number of nitrogens with zero attached hydrogens (tertiary/aromatic N) is 8. The second kappa shape index (κ2) is 17.8. The highest BCUT2D eigenvalue weighted by molar-refractivity contribution is 6.30. The fourth-order valence-electron chi connectivity index (χ4n) is 6.45. The molecule has 0 bridgehead atoms. The number of halogens is 4. The van der Waals surface area contributed by atoms with Gasteiger partial charge in [0.2, 0.25) is 23.1 Å². The van der Waals surface area contributed by atoms with Crippen LogP contribution in [0.4, 0.5) is 46.2 Å². The molecule has 0 N–H and O–H groups in total. The Hall–Kier alpha value is -7.25. The largest absolute Gasteiger partial charge is 0.475 e. The van der Waals surface area contributed by atoms with Crippen LogP contribution in [0, 0.1) is 11.6 Å². The fourth-order valence-corrected chi connectivity index (χ4v) is 6.80. The Morgan fingerprint density at radius 2 is 1.24 bits per heavy atom. The van der Waals surface area contributed by atoms with E-state index in [0.29, 0.717) is 10.6 Å². The molecule has 0 aliphatic carbocycles. The Kier molecular flexibility index (Phi) is 11.9. The summed E-state index contributed by atoms with van der Waals surface area (Å²) in [6, 6.07) is 19.1. The molecule has 0 unspecified atom stereocenters. The number of imide groups is 1. The first-order valence-electron chi connectivity index (χ1n) is 18.9. The number of piperazine rings is 1. The molecule has 1 fully saturated rings. The Labute approximate surface area is 359 Å². The van der Waals surface area contributed by atoms with Crippen LogP contribution in [0.5, 0.6) is 23.3 Å². The van der Waals surface area contributed by atoms with E-state index in [1.807, 2.05) is 0 Å². The summed E-state index contributed by atoms with van der Waals surface area (Å²) in [5, 5.41) is -0.112. The molecule has 318 valence electrons. The van der Waals surface area contributed by atoms with Crippen molar-refractivity contribution in [3.8, 4) is 23.3 Å². The maximum Gasteiger partial charge on any atom is 0.431 e. The summed E-state index contributed by atoms with van der Waals surface area (Å²) in [4.78, 5) is 66.2. The summed E-state index contributed by atoms with van der Waals surface area (Å²) in [5.74, 6) is -2.70. The van der Waals surface area contributed by atoms with Gasteiger partial charge in [-0.2, -0.15) is 14.9 Å². The average molecular weight is 890 g/mol. The standard InChI is InChI=1S/C41H32Cl2F2N8O9/c1-3-57-37-33(46-27-21-31(42)61-35(27)48-37)52(39(54)51-16-14-50(15-17-51)25-19-23(44)18-24(45)20-25)29-12-8-9-13-30(29)60-41(56)53(40(55)59-26-10-6-5-7-11-26)34-38(58-4-2)49-36-28(47-34)22-32(43)62-36/h5-13,18-22H,3-4,14-17H2,1-2H3. The Bertz CT molecular complexity index is 2780. The number of urea groups is 1. The highest BCUT2D eigenvalue weighted by Crippen LogP contribution is 2.40. The van der Waals surface area contributed by atoms with Gasteiger partial charge in [0.1, 0.15) is 28.4 Å². The van der Waals surface area contributed by atoms with E-state index in [1.54, 1.807) is 43.0 Å². The molecule has 3 aromatic carbocycles. The lowest BCUT2D eigenvalue weighted by Crippen LogP contribution is -2.52. The summed E-state index contributed by atoms with van der Waals surface area (Å²) >= 11 is 12.3. The number of hydrogen-bond donors (Lipinski definition) is 0. The van der Waals surface area contributed by atoms with Gasteiger partial charge in [0.15, 0.2) is 16.2 Å². The molecule has 1 aliphatic heterocycles. The van der Waals surface area contributed by atoms with Crippen molar-refractivity contribution in [1.82, 2.24) is 24.8 Å².